The molecule has 0 aromatic heterocycles. The summed E-state index contributed by atoms with van der Waals surface area (Å²) in [6.45, 7) is 5.46. The number of sulfonamides is 1. The molecule has 0 radical (unpaired) electrons. The Morgan fingerprint density at radius 3 is 2.08 bits per heavy atom. The highest BCUT2D eigenvalue weighted by molar-refractivity contribution is 7.89. The van der Waals surface area contributed by atoms with Crippen LogP contribution in [0, 0.1) is 0 Å². The lowest BCUT2D eigenvalue weighted by atomic mass is 10.1. The van der Waals surface area contributed by atoms with Gasteiger partial charge < -0.3 is 14.2 Å². The molecule has 0 atom stereocenters. The van der Waals surface area contributed by atoms with Crippen LogP contribution >= 0.6 is 23.2 Å². The third kappa shape index (κ3) is 7.06. The van der Waals surface area contributed by atoms with Crippen LogP contribution in [0.25, 0.3) is 0 Å². The molecule has 3 aromatic rings. The normalized spacial score (nSPS) is 11.3. The van der Waals surface area contributed by atoms with E-state index >= 15 is 0 Å². The second kappa shape index (κ2) is 13.8. The van der Waals surface area contributed by atoms with E-state index in [1.165, 1.54) is 46.6 Å². The van der Waals surface area contributed by atoms with Crippen molar-refractivity contribution in [1.29, 1.82) is 0 Å². The molecule has 0 saturated carbocycles. The lowest BCUT2D eigenvalue weighted by Gasteiger charge is -2.23. The molecule has 40 heavy (non-hydrogen) atoms. The maximum atomic E-state index is 13.3. The van der Waals surface area contributed by atoms with Crippen LogP contribution in [0.1, 0.15) is 31.1 Å². The smallest absolute Gasteiger partial charge is 0.326 e. The Hall–Kier alpha value is -3.31. The fourth-order valence-electron chi connectivity index (χ4n) is 3.90. The van der Waals surface area contributed by atoms with Crippen molar-refractivity contribution in [2.75, 3.05) is 38.3 Å². The third-order valence-electron chi connectivity index (χ3n) is 5.83. The molecule has 0 heterocycles. The molecule has 0 aliphatic heterocycles. The fourth-order valence-corrected chi connectivity index (χ4v) is 6.08. The lowest BCUT2D eigenvalue weighted by molar-refractivity contribution is -0.141. The Balaban J connectivity index is 2.01. The van der Waals surface area contributed by atoms with Gasteiger partial charge in [-0.05, 0) is 43.3 Å². The van der Waals surface area contributed by atoms with Gasteiger partial charge in [-0.3, -0.25) is 14.5 Å². The lowest BCUT2D eigenvalue weighted by Crippen LogP contribution is -2.36. The summed E-state index contributed by atoms with van der Waals surface area (Å²) in [5.74, 6) is -0.741. The summed E-state index contributed by atoms with van der Waals surface area (Å²) in [5.41, 5.74) is 0.586. The number of hydrogen-bond acceptors (Lipinski definition) is 7. The van der Waals surface area contributed by atoms with Crippen molar-refractivity contribution in [2.24, 2.45) is 0 Å². The second-order valence-corrected chi connectivity index (χ2v) is 11.0. The maximum absolute atomic E-state index is 13.3. The van der Waals surface area contributed by atoms with Gasteiger partial charge >= 0.3 is 5.97 Å². The molecule has 0 aliphatic carbocycles. The predicted octanol–water partition coefficient (Wildman–Crippen LogP) is 6.03. The minimum Gasteiger partial charge on any atom is -0.495 e. The van der Waals surface area contributed by atoms with Gasteiger partial charge in [0.2, 0.25) is 10.0 Å². The molecule has 214 valence electrons. The van der Waals surface area contributed by atoms with Crippen LogP contribution in [-0.2, 0) is 19.6 Å². The van der Waals surface area contributed by atoms with Crippen LogP contribution < -0.4 is 14.4 Å². The van der Waals surface area contributed by atoms with Crippen LogP contribution in [0.4, 0.5) is 5.69 Å². The van der Waals surface area contributed by atoms with E-state index in [0.29, 0.717) is 5.56 Å². The zero-order valence-corrected chi connectivity index (χ0v) is 24.8. The number of benzene rings is 3. The first kappa shape index (κ1) is 31.2. The van der Waals surface area contributed by atoms with E-state index in [-0.39, 0.29) is 64.1 Å². The molecule has 0 fully saturated rings. The fraction of sp³-hybridized carbons (Fsp3) is 0.286. The van der Waals surface area contributed by atoms with Gasteiger partial charge in [0.1, 0.15) is 22.9 Å². The van der Waals surface area contributed by atoms with Crippen molar-refractivity contribution in [2.45, 2.75) is 25.7 Å². The highest BCUT2D eigenvalue weighted by atomic mass is 35.5. The molecule has 3 rings (SSSR count). The zero-order chi connectivity index (χ0) is 29.4. The van der Waals surface area contributed by atoms with E-state index in [1.807, 2.05) is 0 Å². The highest BCUT2D eigenvalue weighted by Crippen LogP contribution is 2.41. The van der Waals surface area contributed by atoms with E-state index in [1.54, 1.807) is 51.1 Å². The number of ether oxygens (including phenoxy) is 3. The number of hydrogen-bond donors (Lipinski definition) is 0. The summed E-state index contributed by atoms with van der Waals surface area (Å²) in [6, 6.07) is 15.6. The van der Waals surface area contributed by atoms with E-state index in [0.717, 1.165) is 0 Å². The summed E-state index contributed by atoms with van der Waals surface area (Å²) in [4.78, 5) is 26.8. The minimum absolute atomic E-state index is 0.0289. The van der Waals surface area contributed by atoms with E-state index in [2.05, 4.69) is 0 Å². The maximum Gasteiger partial charge on any atom is 0.326 e. The number of carbonyl (C=O) groups is 2. The number of anilines is 1. The largest absolute Gasteiger partial charge is 0.495 e. The van der Waals surface area contributed by atoms with Gasteiger partial charge in [0.25, 0.3) is 5.91 Å². The summed E-state index contributed by atoms with van der Waals surface area (Å²) < 4.78 is 44.0. The first-order chi connectivity index (χ1) is 19.1. The number of rotatable bonds is 12. The number of esters is 1. The Labute approximate surface area is 244 Å². The van der Waals surface area contributed by atoms with Gasteiger partial charge in [-0.25, -0.2) is 8.42 Å². The number of halogens is 2. The average molecular weight is 610 g/mol. The number of carbonyl (C=O) groups excluding carboxylic acids is 2. The van der Waals surface area contributed by atoms with Crippen LogP contribution in [0.2, 0.25) is 10.0 Å². The Morgan fingerprint density at radius 1 is 0.900 bits per heavy atom. The molecule has 0 spiro atoms. The van der Waals surface area contributed by atoms with E-state index in [9.17, 15) is 18.0 Å². The quantitative estimate of drug-likeness (QED) is 0.231. The monoisotopic (exact) mass is 608 g/mol. The van der Waals surface area contributed by atoms with Gasteiger partial charge in [-0.15, -0.1) is 0 Å². The minimum atomic E-state index is -3.87. The highest BCUT2D eigenvalue weighted by Gasteiger charge is 2.27. The van der Waals surface area contributed by atoms with Gasteiger partial charge in [0.15, 0.2) is 5.75 Å². The average Bonchev–Trinajstić information content (AvgIpc) is 2.94. The number of amides is 1. The van der Waals surface area contributed by atoms with Crippen LogP contribution in [0.15, 0.2) is 65.6 Å². The molecule has 0 unspecified atom stereocenters. The SMILES string of the molecule is CCOC(=O)CN(C(=O)c1ccccc1)c1cc(Cl)c(Oc2ccc(OC)c(S(=O)(=O)N(CC)CC)c2)c(Cl)c1. The Kier molecular flexibility index (Phi) is 10.8. The second-order valence-electron chi connectivity index (χ2n) is 8.30. The molecule has 0 saturated heterocycles. The molecule has 0 aliphatic rings. The van der Waals surface area contributed by atoms with Crippen molar-refractivity contribution in [3.8, 4) is 17.2 Å². The van der Waals surface area contributed by atoms with Gasteiger partial charge in [-0.2, -0.15) is 4.31 Å². The zero-order valence-electron chi connectivity index (χ0n) is 22.5. The number of methoxy groups -OCH3 is 1. The summed E-state index contributed by atoms with van der Waals surface area (Å²) in [5, 5.41) is 0.0578. The van der Waals surface area contributed by atoms with Gasteiger partial charge in [-0.1, -0.05) is 55.2 Å². The topological polar surface area (TPSA) is 102 Å². The molecular weight excluding hydrogens is 579 g/mol. The molecule has 3 aromatic carbocycles. The Morgan fingerprint density at radius 2 is 1.52 bits per heavy atom. The van der Waals surface area contributed by atoms with Crippen molar-refractivity contribution >= 4 is 50.8 Å². The first-order valence-corrected chi connectivity index (χ1v) is 14.6. The van der Waals surface area contributed by atoms with E-state index < -0.39 is 21.9 Å². The molecule has 12 heteroatoms. The van der Waals surface area contributed by atoms with Gasteiger partial charge in [0.05, 0.1) is 23.8 Å². The van der Waals surface area contributed by atoms with Crippen molar-refractivity contribution < 1.29 is 32.2 Å². The van der Waals surface area contributed by atoms with Crippen LogP contribution in [-0.4, -0.2) is 58.0 Å². The number of nitrogens with zero attached hydrogens (tertiary/aromatic N) is 2. The molecule has 1 amide bonds. The predicted molar refractivity (Wildman–Crippen MR) is 154 cm³/mol. The van der Waals surface area contributed by atoms with Crippen LogP contribution in [0.3, 0.4) is 0 Å². The molecular formula is C28H30Cl2N2O7S. The summed E-state index contributed by atoms with van der Waals surface area (Å²) in [6.07, 6.45) is 0. The molecule has 0 N–H and O–H groups in total. The summed E-state index contributed by atoms with van der Waals surface area (Å²) in [7, 11) is -2.50. The first-order valence-electron chi connectivity index (χ1n) is 12.4. The molecule has 9 nitrogen and oxygen atoms in total. The van der Waals surface area contributed by atoms with Crippen molar-refractivity contribution in [3.05, 3.63) is 76.3 Å². The standard InChI is InChI=1S/C28H30Cl2N2O7S/c1-5-31(6-2)40(35,36)25-17-21(13-14-24(25)37-4)39-27-22(29)15-20(16-23(27)30)32(18-26(33)38-7-3)28(34)19-11-9-8-10-12-19/h8-17H,5-7,18H2,1-4H3. The van der Waals surface area contributed by atoms with Gasteiger partial charge in [0, 0.05) is 30.4 Å². The van der Waals surface area contributed by atoms with Crippen LogP contribution in [0.5, 0.6) is 17.2 Å². The molecule has 0 bridgehead atoms. The van der Waals surface area contributed by atoms with E-state index in [4.69, 9.17) is 37.4 Å². The van der Waals surface area contributed by atoms with Crippen molar-refractivity contribution in [1.82, 2.24) is 4.31 Å². The Bertz CT molecular complexity index is 1440. The summed E-state index contributed by atoms with van der Waals surface area (Å²) >= 11 is 13.1. The third-order valence-corrected chi connectivity index (χ3v) is 8.46. The van der Waals surface area contributed by atoms with Crippen molar-refractivity contribution in [3.63, 3.8) is 0 Å².